The predicted molar refractivity (Wildman–Crippen MR) is 77.1 cm³/mol. The van der Waals surface area contributed by atoms with Crippen molar-refractivity contribution in [3.05, 3.63) is 41.0 Å². The van der Waals surface area contributed by atoms with Crippen LogP contribution in [0.5, 0.6) is 5.75 Å². The average Bonchev–Trinajstić information content (AvgIpc) is 2.36. The first-order valence-corrected chi connectivity index (χ1v) is 6.99. The lowest BCUT2D eigenvalue weighted by Crippen LogP contribution is -2.27. The largest absolute Gasteiger partial charge is 0.508 e. The highest BCUT2D eigenvalue weighted by Crippen LogP contribution is 2.32. The third-order valence-corrected chi connectivity index (χ3v) is 4.10. The fourth-order valence-corrected chi connectivity index (χ4v) is 2.78. The van der Waals surface area contributed by atoms with E-state index in [9.17, 15) is 9.90 Å². The maximum atomic E-state index is 12.5. The van der Waals surface area contributed by atoms with Crippen LogP contribution in [-0.4, -0.2) is 10.9 Å². The van der Waals surface area contributed by atoms with Gasteiger partial charge in [0.1, 0.15) is 5.75 Å². The van der Waals surface area contributed by atoms with E-state index in [0.717, 1.165) is 24.0 Å². The van der Waals surface area contributed by atoms with Crippen molar-refractivity contribution in [3.8, 4) is 5.75 Å². The van der Waals surface area contributed by atoms with Crippen LogP contribution in [0.2, 0.25) is 0 Å². The zero-order chi connectivity index (χ0) is 14.0. The maximum absolute atomic E-state index is 12.5. The molecule has 0 bridgehead atoms. The molecule has 0 aliphatic heterocycles. The molecule has 1 aliphatic carbocycles. The van der Waals surface area contributed by atoms with Crippen molar-refractivity contribution in [2.75, 3.05) is 0 Å². The number of aromatic hydroxyl groups is 1. The van der Waals surface area contributed by atoms with Crippen LogP contribution in [-0.2, 0) is 11.2 Å². The zero-order valence-electron chi connectivity index (χ0n) is 11.9. The first-order valence-electron chi connectivity index (χ1n) is 6.99. The summed E-state index contributed by atoms with van der Waals surface area (Å²) in [6.45, 7) is 6.33. The summed E-state index contributed by atoms with van der Waals surface area (Å²) in [4.78, 5) is 12.5. The number of carbonyl (C=O) groups excluding carboxylic acids is 1. The summed E-state index contributed by atoms with van der Waals surface area (Å²) in [5.41, 5.74) is 3.30. The molecule has 0 heterocycles. The number of hydrogen-bond donors (Lipinski definition) is 1. The standard InChI is InChI=1S/C17H22O2/c1-11(2)15-9-4-12(3)16(17(15)19)10-13-5-7-14(18)8-6-13/h5-8,11,15,18H,4,9-10H2,1-3H3. The second-order valence-corrected chi connectivity index (χ2v) is 5.86. The van der Waals surface area contributed by atoms with Crippen molar-refractivity contribution in [2.24, 2.45) is 11.8 Å². The molecule has 1 aromatic rings. The van der Waals surface area contributed by atoms with Crippen LogP contribution < -0.4 is 0 Å². The molecule has 1 atom stereocenters. The number of hydrogen-bond acceptors (Lipinski definition) is 2. The van der Waals surface area contributed by atoms with E-state index in [1.807, 2.05) is 12.1 Å². The van der Waals surface area contributed by atoms with Gasteiger partial charge in [-0.05, 0) is 49.0 Å². The number of Topliss-reactive ketones (excluding diaryl/α,β-unsaturated/α-hetero) is 1. The van der Waals surface area contributed by atoms with Crippen LogP contribution in [0.4, 0.5) is 0 Å². The van der Waals surface area contributed by atoms with Crippen LogP contribution in [0, 0.1) is 11.8 Å². The highest BCUT2D eigenvalue weighted by molar-refractivity contribution is 5.99. The number of phenolic OH excluding ortho intramolecular Hbond substituents is 1. The molecule has 2 heteroatoms. The van der Waals surface area contributed by atoms with Crippen molar-refractivity contribution < 1.29 is 9.90 Å². The first kappa shape index (κ1) is 13.9. The lowest BCUT2D eigenvalue weighted by Gasteiger charge is -2.27. The Balaban J connectivity index is 2.22. The molecule has 1 aromatic carbocycles. The van der Waals surface area contributed by atoms with E-state index in [1.165, 1.54) is 5.57 Å². The molecule has 0 saturated carbocycles. The van der Waals surface area contributed by atoms with Gasteiger partial charge in [0.25, 0.3) is 0 Å². The second kappa shape index (κ2) is 5.60. The number of carbonyl (C=O) groups is 1. The molecule has 0 radical (unpaired) electrons. The molecule has 2 nitrogen and oxygen atoms in total. The maximum Gasteiger partial charge on any atom is 0.162 e. The van der Waals surface area contributed by atoms with Gasteiger partial charge in [-0.1, -0.05) is 31.6 Å². The lowest BCUT2D eigenvalue weighted by atomic mass is 9.76. The van der Waals surface area contributed by atoms with Gasteiger partial charge in [-0.2, -0.15) is 0 Å². The molecule has 19 heavy (non-hydrogen) atoms. The number of benzene rings is 1. The van der Waals surface area contributed by atoms with Crippen LogP contribution in [0.15, 0.2) is 35.4 Å². The Kier molecular flexibility index (Phi) is 4.08. The van der Waals surface area contributed by atoms with E-state index >= 15 is 0 Å². The quantitative estimate of drug-likeness (QED) is 0.893. The van der Waals surface area contributed by atoms with Crippen molar-refractivity contribution in [2.45, 2.75) is 40.0 Å². The summed E-state index contributed by atoms with van der Waals surface area (Å²) in [6.07, 6.45) is 2.71. The summed E-state index contributed by atoms with van der Waals surface area (Å²) >= 11 is 0. The van der Waals surface area contributed by atoms with Gasteiger partial charge in [-0.3, -0.25) is 4.79 Å². The number of ketones is 1. The van der Waals surface area contributed by atoms with Crippen molar-refractivity contribution in [1.82, 2.24) is 0 Å². The summed E-state index contributed by atoms with van der Waals surface area (Å²) in [7, 11) is 0. The van der Waals surface area contributed by atoms with Crippen LogP contribution in [0.1, 0.15) is 39.2 Å². The summed E-state index contributed by atoms with van der Waals surface area (Å²) < 4.78 is 0. The fourth-order valence-electron chi connectivity index (χ4n) is 2.78. The molecule has 0 fully saturated rings. The van der Waals surface area contributed by atoms with Gasteiger partial charge in [0, 0.05) is 12.3 Å². The van der Waals surface area contributed by atoms with E-state index in [-0.39, 0.29) is 11.7 Å². The van der Waals surface area contributed by atoms with Crippen LogP contribution in [0.3, 0.4) is 0 Å². The highest BCUT2D eigenvalue weighted by Gasteiger charge is 2.29. The smallest absolute Gasteiger partial charge is 0.162 e. The first-order chi connectivity index (χ1) is 8.99. The van der Waals surface area contributed by atoms with Crippen LogP contribution >= 0.6 is 0 Å². The minimum absolute atomic E-state index is 0.177. The normalized spacial score (nSPS) is 20.2. The van der Waals surface area contributed by atoms with E-state index < -0.39 is 0 Å². The Morgan fingerprint density at radius 3 is 2.47 bits per heavy atom. The minimum atomic E-state index is 0.177. The van der Waals surface area contributed by atoms with Gasteiger partial charge in [0.2, 0.25) is 0 Å². The molecule has 0 saturated heterocycles. The summed E-state index contributed by atoms with van der Waals surface area (Å²) in [5, 5.41) is 9.30. The number of phenols is 1. The molecule has 0 aromatic heterocycles. The molecule has 1 aliphatic rings. The Labute approximate surface area is 115 Å². The van der Waals surface area contributed by atoms with Gasteiger partial charge in [-0.15, -0.1) is 0 Å². The zero-order valence-corrected chi connectivity index (χ0v) is 11.9. The molecular weight excluding hydrogens is 236 g/mol. The van der Waals surface area contributed by atoms with Gasteiger partial charge in [0.15, 0.2) is 5.78 Å². The topological polar surface area (TPSA) is 37.3 Å². The van der Waals surface area contributed by atoms with Crippen molar-refractivity contribution in [1.29, 1.82) is 0 Å². The monoisotopic (exact) mass is 258 g/mol. The molecule has 0 spiro atoms. The van der Waals surface area contributed by atoms with Gasteiger partial charge < -0.3 is 5.11 Å². The molecular formula is C17H22O2. The lowest BCUT2D eigenvalue weighted by molar-refractivity contribution is -0.121. The fraction of sp³-hybridized carbons (Fsp3) is 0.471. The van der Waals surface area contributed by atoms with Gasteiger partial charge >= 0.3 is 0 Å². The Hall–Kier alpha value is -1.57. The Bertz CT molecular complexity index is 494. The van der Waals surface area contributed by atoms with Gasteiger partial charge in [0.05, 0.1) is 0 Å². The third kappa shape index (κ3) is 3.06. The van der Waals surface area contributed by atoms with Crippen molar-refractivity contribution in [3.63, 3.8) is 0 Å². The molecule has 2 rings (SSSR count). The van der Waals surface area contributed by atoms with E-state index in [2.05, 4.69) is 20.8 Å². The summed E-state index contributed by atoms with van der Waals surface area (Å²) in [6, 6.07) is 7.14. The number of allylic oxidation sites excluding steroid dienone is 2. The Morgan fingerprint density at radius 1 is 1.26 bits per heavy atom. The second-order valence-electron chi connectivity index (χ2n) is 5.86. The Morgan fingerprint density at radius 2 is 1.89 bits per heavy atom. The third-order valence-electron chi connectivity index (χ3n) is 4.10. The van der Waals surface area contributed by atoms with E-state index in [1.54, 1.807) is 12.1 Å². The molecule has 1 N–H and O–H groups in total. The van der Waals surface area contributed by atoms with E-state index in [0.29, 0.717) is 18.1 Å². The summed E-state index contributed by atoms with van der Waals surface area (Å²) in [5.74, 6) is 1.18. The molecule has 1 unspecified atom stereocenters. The minimum Gasteiger partial charge on any atom is -0.508 e. The predicted octanol–water partition coefficient (Wildman–Crippen LogP) is 3.89. The number of rotatable bonds is 3. The van der Waals surface area contributed by atoms with Crippen LogP contribution in [0.25, 0.3) is 0 Å². The molecule has 102 valence electrons. The molecule has 0 amide bonds. The van der Waals surface area contributed by atoms with Gasteiger partial charge in [-0.25, -0.2) is 0 Å². The van der Waals surface area contributed by atoms with E-state index in [4.69, 9.17) is 0 Å². The average molecular weight is 258 g/mol. The SMILES string of the molecule is CC1=C(Cc2ccc(O)cc2)C(=O)C(C(C)C)CC1. The highest BCUT2D eigenvalue weighted by atomic mass is 16.3. The van der Waals surface area contributed by atoms with Crippen molar-refractivity contribution >= 4 is 5.78 Å².